The number of amides is 1. The van der Waals surface area contributed by atoms with Crippen molar-refractivity contribution in [1.29, 1.82) is 0 Å². The first-order chi connectivity index (χ1) is 11.5. The van der Waals surface area contributed by atoms with Crippen LogP contribution in [-0.2, 0) is 9.53 Å². The van der Waals surface area contributed by atoms with Crippen LogP contribution in [0.15, 0.2) is 42.5 Å². The molecule has 2 aromatic carbocycles. The van der Waals surface area contributed by atoms with Gasteiger partial charge in [-0.05, 0) is 84.5 Å². The molecule has 0 radical (unpaired) electrons. The van der Waals surface area contributed by atoms with Crippen LogP contribution in [0.25, 0.3) is 0 Å². The highest BCUT2D eigenvalue weighted by molar-refractivity contribution is 14.1. The topological polar surface area (TPSA) is 67.4 Å². The molecule has 1 amide bonds. The van der Waals surface area contributed by atoms with E-state index in [0.29, 0.717) is 12.2 Å². The summed E-state index contributed by atoms with van der Waals surface area (Å²) in [6.45, 7) is 4.21. The first-order valence-corrected chi connectivity index (χ1v) is 8.64. The van der Waals surface area contributed by atoms with Gasteiger partial charge in [-0.25, -0.2) is 4.79 Å². The van der Waals surface area contributed by atoms with Crippen molar-refractivity contribution in [3.8, 4) is 0 Å². The summed E-state index contributed by atoms with van der Waals surface area (Å²) in [7, 11) is 0. The van der Waals surface area contributed by atoms with Crippen LogP contribution >= 0.6 is 22.6 Å². The minimum absolute atomic E-state index is 0.131. The van der Waals surface area contributed by atoms with E-state index in [1.807, 2.05) is 25.1 Å². The molecule has 126 valence electrons. The molecule has 0 fully saturated rings. The standard InChI is InChI=1S/C18H19IN2O3/c1-3-24-18(23)13-4-7-15(8-5-13)20-11-17(22)21-16-9-6-14(19)10-12(16)2/h4-10,20H,3,11H2,1-2H3,(H,21,22). The molecule has 0 spiro atoms. The Balaban J connectivity index is 1.88. The minimum atomic E-state index is -0.351. The number of anilines is 2. The van der Waals surface area contributed by atoms with E-state index in [1.54, 1.807) is 31.2 Å². The summed E-state index contributed by atoms with van der Waals surface area (Å²) in [6.07, 6.45) is 0. The second kappa shape index (κ2) is 8.68. The fourth-order valence-electron chi connectivity index (χ4n) is 2.08. The molecule has 24 heavy (non-hydrogen) atoms. The maximum absolute atomic E-state index is 12.0. The van der Waals surface area contributed by atoms with Crippen molar-refractivity contribution in [3.63, 3.8) is 0 Å². The Kier molecular flexibility index (Phi) is 6.60. The number of hydrogen-bond acceptors (Lipinski definition) is 4. The molecule has 0 unspecified atom stereocenters. The quantitative estimate of drug-likeness (QED) is 0.532. The third kappa shape index (κ3) is 5.23. The molecule has 5 nitrogen and oxygen atoms in total. The minimum Gasteiger partial charge on any atom is -0.462 e. The second-order valence-corrected chi connectivity index (χ2v) is 6.40. The average Bonchev–Trinajstić information content (AvgIpc) is 2.56. The smallest absolute Gasteiger partial charge is 0.338 e. The molecule has 0 bridgehead atoms. The molecular formula is C18H19IN2O3. The van der Waals surface area contributed by atoms with E-state index in [9.17, 15) is 9.59 Å². The molecule has 0 aromatic heterocycles. The van der Waals surface area contributed by atoms with E-state index in [1.165, 1.54) is 0 Å². The Morgan fingerprint density at radius 3 is 2.46 bits per heavy atom. The summed E-state index contributed by atoms with van der Waals surface area (Å²) in [5.41, 5.74) is 3.08. The van der Waals surface area contributed by atoms with Gasteiger partial charge >= 0.3 is 5.97 Å². The molecule has 2 N–H and O–H groups in total. The maximum atomic E-state index is 12.0. The largest absolute Gasteiger partial charge is 0.462 e. The Bertz CT molecular complexity index is 730. The normalized spacial score (nSPS) is 10.1. The number of nitrogens with one attached hydrogen (secondary N) is 2. The third-order valence-electron chi connectivity index (χ3n) is 3.31. The zero-order valence-electron chi connectivity index (χ0n) is 13.6. The van der Waals surface area contributed by atoms with Gasteiger partial charge in [0, 0.05) is 14.9 Å². The SMILES string of the molecule is CCOC(=O)c1ccc(NCC(=O)Nc2ccc(I)cc2C)cc1. The van der Waals surface area contributed by atoms with Gasteiger partial charge in [0.25, 0.3) is 0 Å². The number of halogens is 1. The Morgan fingerprint density at radius 1 is 1.12 bits per heavy atom. The van der Waals surface area contributed by atoms with Gasteiger partial charge in [-0.2, -0.15) is 0 Å². The van der Waals surface area contributed by atoms with Crippen molar-refractivity contribution < 1.29 is 14.3 Å². The van der Waals surface area contributed by atoms with E-state index < -0.39 is 0 Å². The van der Waals surface area contributed by atoms with E-state index in [-0.39, 0.29) is 18.4 Å². The molecule has 0 heterocycles. The Labute approximate surface area is 154 Å². The van der Waals surface area contributed by atoms with Crippen LogP contribution in [0, 0.1) is 10.5 Å². The summed E-state index contributed by atoms with van der Waals surface area (Å²) >= 11 is 2.23. The van der Waals surface area contributed by atoms with Gasteiger partial charge in [0.15, 0.2) is 0 Å². The number of rotatable bonds is 6. The molecule has 2 aromatic rings. The summed E-state index contributed by atoms with van der Waals surface area (Å²) in [5, 5.41) is 5.90. The van der Waals surface area contributed by atoms with Crippen LogP contribution in [0.2, 0.25) is 0 Å². The lowest BCUT2D eigenvalue weighted by Gasteiger charge is -2.10. The van der Waals surface area contributed by atoms with Crippen molar-refractivity contribution in [2.75, 3.05) is 23.8 Å². The number of hydrogen-bond donors (Lipinski definition) is 2. The van der Waals surface area contributed by atoms with E-state index >= 15 is 0 Å². The maximum Gasteiger partial charge on any atom is 0.338 e. The van der Waals surface area contributed by atoms with Gasteiger partial charge in [0.2, 0.25) is 5.91 Å². The number of benzene rings is 2. The van der Waals surface area contributed by atoms with Crippen LogP contribution in [-0.4, -0.2) is 25.0 Å². The highest BCUT2D eigenvalue weighted by Gasteiger charge is 2.07. The third-order valence-corrected chi connectivity index (χ3v) is 3.98. The Morgan fingerprint density at radius 2 is 1.83 bits per heavy atom. The van der Waals surface area contributed by atoms with Crippen LogP contribution in [0.1, 0.15) is 22.8 Å². The van der Waals surface area contributed by atoms with Gasteiger partial charge < -0.3 is 15.4 Å². The molecule has 0 atom stereocenters. The predicted octanol–water partition coefficient (Wildman–Crippen LogP) is 3.83. The molecule has 6 heteroatoms. The van der Waals surface area contributed by atoms with Gasteiger partial charge in [0.1, 0.15) is 0 Å². The van der Waals surface area contributed by atoms with Crippen LogP contribution in [0.3, 0.4) is 0 Å². The van der Waals surface area contributed by atoms with E-state index in [4.69, 9.17) is 4.74 Å². The predicted molar refractivity (Wildman–Crippen MR) is 103 cm³/mol. The molecule has 2 rings (SSSR count). The lowest BCUT2D eigenvalue weighted by atomic mass is 10.2. The zero-order chi connectivity index (χ0) is 17.5. The number of esters is 1. The van der Waals surface area contributed by atoms with Gasteiger partial charge in [0.05, 0.1) is 18.7 Å². The monoisotopic (exact) mass is 438 g/mol. The summed E-state index contributed by atoms with van der Waals surface area (Å²) in [6, 6.07) is 12.7. The Hall–Kier alpha value is -2.09. The first kappa shape index (κ1) is 18.3. The summed E-state index contributed by atoms with van der Waals surface area (Å²) in [4.78, 5) is 23.6. The van der Waals surface area contributed by atoms with Gasteiger partial charge in [-0.1, -0.05) is 0 Å². The van der Waals surface area contributed by atoms with Crippen LogP contribution < -0.4 is 10.6 Å². The molecular weight excluding hydrogens is 419 g/mol. The average molecular weight is 438 g/mol. The summed E-state index contributed by atoms with van der Waals surface area (Å²) < 4.78 is 6.06. The zero-order valence-corrected chi connectivity index (χ0v) is 15.7. The molecule has 0 aliphatic carbocycles. The van der Waals surface area contributed by atoms with Crippen molar-refractivity contribution in [2.45, 2.75) is 13.8 Å². The first-order valence-electron chi connectivity index (χ1n) is 7.56. The van der Waals surface area contributed by atoms with Gasteiger partial charge in [-0.3, -0.25) is 4.79 Å². The number of ether oxygens (including phenoxy) is 1. The van der Waals surface area contributed by atoms with Crippen molar-refractivity contribution in [3.05, 3.63) is 57.2 Å². The molecule has 0 saturated heterocycles. The number of carbonyl (C=O) groups excluding carboxylic acids is 2. The van der Waals surface area contributed by atoms with Crippen LogP contribution in [0.5, 0.6) is 0 Å². The van der Waals surface area contributed by atoms with Crippen molar-refractivity contribution in [2.24, 2.45) is 0 Å². The highest BCUT2D eigenvalue weighted by Crippen LogP contribution is 2.17. The van der Waals surface area contributed by atoms with Crippen LogP contribution in [0.4, 0.5) is 11.4 Å². The summed E-state index contributed by atoms with van der Waals surface area (Å²) in [5.74, 6) is -0.482. The number of carbonyl (C=O) groups is 2. The lowest BCUT2D eigenvalue weighted by Crippen LogP contribution is -2.22. The number of aryl methyl sites for hydroxylation is 1. The van der Waals surface area contributed by atoms with Crippen molar-refractivity contribution >= 4 is 45.8 Å². The van der Waals surface area contributed by atoms with E-state index in [2.05, 4.69) is 33.2 Å². The fourth-order valence-corrected chi connectivity index (χ4v) is 2.73. The molecule has 0 aliphatic heterocycles. The second-order valence-electron chi connectivity index (χ2n) is 5.16. The molecule has 0 aliphatic rings. The van der Waals surface area contributed by atoms with E-state index in [0.717, 1.165) is 20.5 Å². The lowest BCUT2D eigenvalue weighted by molar-refractivity contribution is -0.114. The fraction of sp³-hybridized carbons (Fsp3) is 0.222. The highest BCUT2D eigenvalue weighted by atomic mass is 127. The molecule has 0 saturated carbocycles. The van der Waals surface area contributed by atoms with Crippen molar-refractivity contribution in [1.82, 2.24) is 0 Å². The van der Waals surface area contributed by atoms with Gasteiger partial charge in [-0.15, -0.1) is 0 Å².